The third-order valence-electron chi connectivity index (χ3n) is 7.87. The summed E-state index contributed by atoms with van der Waals surface area (Å²) in [6.07, 6.45) is 1.98. The van der Waals surface area contributed by atoms with Gasteiger partial charge >= 0.3 is 0 Å². The molecule has 0 saturated carbocycles. The first-order chi connectivity index (χ1) is 20.3. The van der Waals surface area contributed by atoms with Crippen LogP contribution in [0.15, 0.2) is 150 Å². The predicted molar refractivity (Wildman–Crippen MR) is 175 cm³/mol. The Hall–Kier alpha value is -4.93. The molecule has 2 aromatic heterocycles. The fourth-order valence-corrected chi connectivity index (χ4v) is 6.54. The maximum Gasteiger partial charge on any atom is 0.0709 e. The molecule has 0 aliphatic carbocycles. The van der Waals surface area contributed by atoms with Crippen LogP contribution in [0.25, 0.3) is 49.5 Å². The van der Waals surface area contributed by atoms with Crippen LogP contribution >= 0.6 is 15.9 Å². The molecule has 0 atom stereocenters. The molecule has 8 rings (SSSR count). The van der Waals surface area contributed by atoms with Gasteiger partial charge in [-0.3, -0.25) is 4.98 Å². The highest BCUT2D eigenvalue weighted by atomic mass is 79.9. The normalized spacial score (nSPS) is 11.5. The van der Waals surface area contributed by atoms with Crippen LogP contribution in [0.4, 0.5) is 17.1 Å². The lowest BCUT2D eigenvalue weighted by Gasteiger charge is -2.25. The van der Waals surface area contributed by atoms with Crippen LogP contribution < -0.4 is 4.90 Å². The Bertz CT molecular complexity index is 2100. The Morgan fingerprint density at radius 1 is 0.512 bits per heavy atom. The molecule has 0 N–H and O–H groups in total. The maximum atomic E-state index is 5.03. The van der Waals surface area contributed by atoms with E-state index in [1.165, 1.54) is 32.6 Å². The minimum absolute atomic E-state index is 0.954. The number of nitrogens with zero attached hydrogens (tertiary/aromatic N) is 3. The fourth-order valence-electron chi connectivity index (χ4n) is 6.08. The molecule has 6 aromatic carbocycles. The van der Waals surface area contributed by atoms with Crippen LogP contribution in [-0.4, -0.2) is 9.55 Å². The maximum absolute atomic E-state index is 5.03. The number of para-hydroxylation sites is 3. The summed E-state index contributed by atoms with van der Waals surface area (Å²) < 4.78 is 3.48. The molecule has 0 unspecified atom stereocenters. The highest BCUT2D eigenvalue weighted by Crippen LogP contribution is 2.44. The fraction of sp³-hybridized carbons (Fsp3) is 0. The Morgan fingerprint density at radius 3 is 1.73 bits per heavy atom. The number of benzene rings is 6. The van der Waals surface area contributed by atoms with Gasteiger partial charge in [0, 0.05) is 37.9 Å². The third kappa shape index (κ3) is 3.83. The average Bonchev–Trinajstić information content (AvgIpc) is 3.38. The van der Waals surface area contributed by atoms with E-state index in [0.717, 1.165) is 38.5 Å². The first kappa shape index (κ1) is 23.9. The lowest BCUT2D eigenvalue weighted by molar-refractivity contribution is 1.18. The molecule has 0 aliphatic rings. The quantitative estimate of drug-likeness (QED) is 0.186. The van der Waals surface area contributed by atoms with Gasteiger partial charge in [0.2, 0.25) is 0 Å². The zero-order valence-corrected chi connectivity index (χ0v) is 23.7. The lowest BCUT2D eigenvalue weighted by atomic mass is 9.97. The summed E-state index contributed by atoms with van der Waals surface area (Å²) in [6.45, 7) is 0. The van der Waals surface area contributed by atoms with E-state index in [-0.39, 0.29) is 0 Å². The monoisotopic (exact) mass is 589 g/mol. The molecule has 41 heavy (non-hydrogen) atoms. The number of pyridine rings is 1. The van der Waals surface area contributed by atoms with Gasteiger partial charge in [0.25, 0.3) is 0 Å². The van der Waals surface area contributed by atoms with Crippen LogP contribution in [0.1, 0.15) is 0 Å². The number of anilines is 3. The van der Waals surface area contributed by atoms with Crippen molar-refractivity contribution in [3.8, 4) is 16.9 Å². The summed E-state index contributed by atoms with van der Waals surface area (Å²) in [6, 6.07) is 49.1. The van der Waals surface area contributed by atoms with Crippen LogP contribution in [-0.2, 0) is 0 Å². The van der Waals surface area contributed by atoms with Crippen LogP contribution in [0.3, 0.4) is 0 Å². The molecule has 0 fully saturated rings. The van der Waals surface area contributed by atoms with Crippen LogP contribution in [0.5, 0.6) is 0 Å². The van der Waals surface area contributed by atoms with Gasteiger partial charge in [0.1, 0.15) is 0 Å². The van der Waals surface area contributed by atoms with E-state index in [0.29, 0.717) is 0 Å². The van der Waals surface area contributed by atoms with Crippen molar-refractivity contribution < 1.29 is 0 Å². The van der Waals surface area contributed by atoms with E-state index < -0.39 is 0 Å². The summed E-state index contributed by atoms with van der Waals surface area (Å²) in [4.78, 5) is 7.27. The Balaban J connectivity index is 1.31. The molecule has 0 spiro atoms. The van der Waals surface area contributed by atoms with Gasteiger partial charge in [-0.2, -0.15) is 0 Å². The number of halogens is 1. The predicted octanol–water partition coefficient (Wildman–Crippen LogP) is 10.7. The molecule has 4 heteroatoms. The zero-order chi connectivity index (χ0) is 27.3. The zero-order valence-electron chi connectivity index (χ0n) is 22.1. The van der Waals surface area contributed by atoms with Crippen LogP contribution in [0.2, 0.25) is 0 Å². The van der Waals surface area contributed by atoms with E-state index in [1.807, 2.05) is 18.3 Å². The Morgan fingerprint density at radius 2 is 1.10 bits per heavy atom. The Labute approximate surface area is 246 Å². The highest BCUT2D eigenvalue weighted by Gasteiger charge is 2.20. The Kier molecular flexibility index (Phi) is 5.61. The molecule has 3 nitrogen and oxygen atoms in total. The van der Waals surface area contributed by atoms with Gasteiger partial charge in [-0.05, 0) is 77.5 Å². The molecule has 0 saturated heterocycles. The van der Waals surface area contributed by atoms with Gasteiger partial charge in [0.05, 0.1) is 28.6 Å². The molecule has 194 valence electrons. The van der Waals surface area contributed by atoms with Crippen molar-refractivity contribution in [2.75, 3.05) is 4.90 Å². The van der Waals surface area contributed by atoms with Crippen molar-refractivity contribution in [3.05, 3.63) is 150 Å². The summed E-state index contributed by atoms with van der Waals surface area (Å²) in [7, 11) is 0. The van der Waals surface area contributed by atoms with Gasteiger partial charge in [-0.25, -0.2) is 0 Å². The van der Waals surface area contributed by atoms with E-state index in [1.54, 1.807) is 0 Å². The second kappa shape index (κ2) is 9.61. The minimum Gasteiger partial charge on any atom is -0.309 e. The average molecular weight is 591 g/mol. The molecule has 0 aliphatic heterocycles. The van der Waals surface area contributed by atoms with Gasteiger partial charge in [0.15, 0.2) is 0 Å². The van der Waals surface area contributed by atoms with Crippen molar-refractivity contribution in [2.24, 2.45) is 0 Å². The van der Waals surface area contributed by atoms with Crippen molar-refractivity contribution in [2.45, 2.75) is 0 Å². The SMILES string of the molecule is Brc1ccc2c3c1ccc1c(-c4ccc(N(c5ccccc5)c5ccccc5)cn4)ccc(c13)n2-c1ccccc1. The van der Waals surface area contributed by atoms with Crippen molar-refractivity contribution >= 4 is 65.6 Å². The summed E-state index contributed by atoms with van der Waals surface area (Å²) in [5, 5.41) is 4.96. The lowest BCUT2D eigenvalue weighted by Crippen LogP contribution is -2.10. The first-order valence-corrected chi connectivity index (χ1v) is 14.5. The van der Waals surface area contributed by atoms with Crippen molar-refractivity contribution in [1.29, 1.82) is 0 Å². The second-order valence-electron chi connectivity index (χ2n) is 10.2. The van der Waals surface area contributed by atoms with Crippen LogP contribution in [0, 0.1) is 0 Å². The second-order valence-corrected chi connectivity index (χ2v) is 11.0. The molecule has 0 radical (unpaired) electrons. The van der Waals surface area contributed by atoms with Crippen molar-refractivity contribution in [1.82, 2.24) is 9.55 Å². The number of hydrogen-bond acceptors (Lipinski definition) is 2. The van der Waals surface area contributed by atoms with E-state index in [9.17, 15) is 0 Å². The summed E-state index contributed by atoms with van der Waals surface area (Å²) in [5.41, 5.74) is 8.86. The van der Waals surface area contributed by atoms with Crippen molar-refractivity contribution in [3.63, 3.8) is 0 Å². The molecule has 2 heterocycles. The molecular weight excluding hydrogens is 566 g/mol. The molecule has 0 amide bonds. The third-order valence-corrected chi connectivity index (χ3v) is 8.56. The number of rotatable bonds is 5. The van der Waals surface area contributed by atoms with E-state index >= 15 is 0 Å². The topological polar surface area (TPSA) is 21.1 Å². The summed E-state index contributed by atoms with van der Waals surface area (Å²) >= 11 is 3.80. The molecule has 0 bridgehead atoms. The van der Waals surface area contributed by atoms with Gasteiger partial charge < -0.3 is 9.47 Å². The standard InChI is InChI=1S/C37H24BrN3/c38-32-20-23-35-37-31(32)18-17-30-29(19-22-34(36(30)37)41(35)27-14-8-3-9-15-27)33-21-16-28(24-39-33)40(25-10-4-1-5-11-25)26-12-6-2-7-13-26/h1-24H. The van der Waals surface area contributed by atoms with Gasteiger partial charge in [-0.1, -0.05) is 88.7 Å². The minimum atomic E-state index is 0.954. The van der Waals surface area contributed by atoms with Gasteiger partial charge in [-0.15, -0.1) is 0 Å². The molecule has 8 aromatic rings. The number of aromatic nitrogens is 2. The number of hydrogen-bond donors (Lipinski definition) is 0. The molecular formula is C37H24BrN3. The largest absolute Gasteiger partial charge is 0.309 e. The smallest absolute Gasteiger partial charge is 0.0709 e. The van der Waals surface area contributed by atoms with E-state index in [4.69, 9.17) is 4.98 Å². The summed E-state index contributed by atoms with van der Waals surface area (Å²) in [5.74, 6) is 0. The highest BCUT2D eigenvalue weighted by molar-refractivity contribution is 9.10. The first-order valence-electron chi connectivity index (χ1n) is 13.7. The van der Waals surface area contributed by atoms with E-state index in [2.05, 4.69) is 153 Å².